The van der Waals surface area contributed by atoms with Crippen molar-refractivity contribution in [1.29, 1.82) is 0 Å². The van der Waals surface area contributed by atoms with E-state index in [-0.39, 0.29) is 0 Å². The molecule has 3 rings (SSSR count). The topological polar surface area (TPSA) is 33.5 Å². The molecule has 0 aliphatic carbocycles. The molecule has 1 aliphatic rings. The van der Waals surface area contributed by atoms with Crippen LogP contribution in [0.1, 0.15) is 22.3 Å². The Morgan fingerprint density at radius 3 is 3.12 bits per heavy atom. The number of fused-ring (bicyclic) bond motifs is 3. The van der Waals surface area contributed by atoms with Crippen LogP contribution in [0.2, 0.25) is 0 Å². The van der Waals surface area contributed by atoms with E-state index in [0.717, 1.165) is 30.2 Å². The summed E-state index contributed by atoms with van der Waals surface area (Å²) in [6, 6.07) is 4.06. The molecule has 2 aromatic rings. The van der Waals surface area contributed by atoms with Gasteiger partial charge in [-0.25, -0.2) is 0 Å². The van der Waals surface area contributed by atoms with Gasteiger partial charge in [0.2, 0.25) is 0 Å². The number of hydrogen-bond donors (Lipinski definition) is 0. The van der Waals surface area contributed by atoms with Gasteiger partial charge < -0.3 is 9.32 Å². The number of carbonyl (C=O) groups is 1. The molecular weight excluding hydrogens is 202 g/mol. The van der Waals surface area contributed by atoms with Gasteiger partial charge in [0, 0.05) is 13.6 Å². The lowest BCUT2D eigenvalue weighted by Crippen LogP contribution is -2.24. The summed E-state index contributed by atoms with van der Waals surface area (Å²) in [6.07, 6.45) is 4.66. The molecule has 16 heavy (non-hydrogen) atoms. The predicted molar refractivity (Wildman–Crippen MR) is 63.2 cm³/mol. The number of carbonyl (C=O) groups excluding carboxylic acids is 1. The maximum absolute atomic E-state index is 11.0. The summed E-state index contributed by atoms with van der Waals surface area (Å²) in [5.41, 5.74) is 3.93. The van der Waals surface area contributed by atoms with Gasteiger partial charge in [-0.1, -0.05) is 6.07 Å². The number of rotatable bonds is 1. The molecule has 1 aromatic heterocycles. The largest absolute Gasteiger partial charge is 0.463 e. The quantitative estimate of drug-likeness (QED) is 0.686. The van der Waals surface area contributed by atoms with Crippen LogP contribution in [0.4, 0.5) is 5.69 Å². The van der Waals surface area contributed by atoms with Gasteiger partial charge in [0.25, 0.3) is 0 Å². The summed E-state index contributed by atoms with van der Waals surface area (Å²) in [5.74, 6) is 0. The maximum atomic E-state index is 11.0. The molecule has 0 unspecified atom stereocenters. The fraction of sp³-hybridized carbons (Fsp3) is 0.308. The number of aryl methyl sites for hydroxylation is 1. The molecular formula is C13H13NO2. The van der Waals surface area contributed by atoms with Gasteiger partial charge in [0.05, 0.1) is 16.6 Å². The molecule has 0 saturated heterocycles. The van der Waals surface area contributed by atoms with E-state index in [1.807, 2.05) is 6.07 Å². The van der Waals surface area contributed by atoms with Gasteiger partial charge in [-0.05, 0) is 24.5 Å². The summed E-state index contributed by atoms with van der Waals surface area (Å²) in [4.78, 5) is 13.2. The normalized spacial score (nSPS) is 15.2. The molecule has 82 valence electrons. The average molecular weight is 215 g/mol. The maximum Gasteiger partial charge on any atom is 0.153 e. The summed E-state index contributed by atoms with van der Waals surface area (Å²) >= 11 is 0. The Morgan fingerprint density at radius 2 is 2.31 bits per heavy atom. The number of nitrogens with zero attached hydrogens (tertiary/aromatic N) is 1. The molecule has 0 spiro atoms. The Balaban J connectivity index is 2.39. The van der Waals surface area contributed by atoms with Crippen molar-refractivity contribution in [3.05, 3.63) is 29.5 Å². The molecule has 3 heteroatoms. The zero-order chi connectivity index (χ0) is 11.1. The van der Waals surface area contributed by atoms with E-state index in [1.165, 1.54) is 17.7 Å². The Morgan fingerprint density at radius 1 is 1.44 bits per heavy atom. The lowest BCUT2D eigenvalue weighted by molar-refractivity contribution is 0.112. The average Bonchev–Trinajstić information content (AvgIpc) is 2.72. The van der Waals surface area contributed by atoms with Crippen molar-refractivity contribution in [3.63, 3.8) is 0 Å². The molecule has 0 radical (unpaired) electrons. The highest BCUT2D eigenvalue weighted by Crippen LogP contribution is 2.36. The second kappa shape index (κ2) is 3.37. The minimum absolute atomic E-state index is 0.653. The molecule has 3 nitrogen and oxygen atoms in total. The minimum atomic E-state index is 0.653. The van der Waals surface area contributed by atoms with Crippen LogP contribution >= 0.6 is 0 Å². The van der Waals surface area contributed by atoms with E-state index in [2.05, 4.69) is 18.0 Å². The summed E-state index contributed by atoms with van der Waals surface area (Å²) in [6.45, 7) is 1.04. The van der Waals surface area contributed by atoms with E-state index >= 15 is 0 Å². The van der Waals surface area contributed by atoms with Crippen molar-refractivity contribution in [2.45, 2.75) is 12.8 Å². The molecule has 0 N–H and O–H groups in total. The lowest BCUT2D eigenvalue weighted by Gasteiger charge is -2.28. The van der Waals surface area contributed by atoms with E-state index in [4.69, 9.17) is 4.42 Å². The van der Waals surface area contributed by atoms with Crippen LogP contribution in [0, 0.1) is 0 Å². The third-order valence-corrected chi connectivity index (χ3v) is 3.27. The van der Waals surface area contributed by atoms with E-state index in [1.54, 1.807) is 6.26 Å². The van der Waals surface area contributed by atoms with Gasteiger partial charge >= 0.3 is 0 Å². The second-order valence-electron chi connectivity index (χ2n) is 4.28. The Labute approximate surface area is 93.6 Å². The summed E-state index contributed by atoms with van der Waals surface area (Å²) in [5, 5.41) is 0.967. The summed E-state index contributed by atoms with van der Waals surface area (Å²) < 4.78 is 5.40. The van der Waals surface area contributed by atoms with Crippen LogP contribution in [-0.4, -0.2) is 19.9 Å². The zero-order valence-electron chi connectivity index (χ0n) is 9.19. The van der Waals surface area contributed by atoms with Gasteiger partial charge in [-0.3, -0.25) is 4.79 Å². The zero-order valence-corrected chi connectivity index (χ0v) is 9.19. The predicted octanol–water partition coefficient (Wildman–Crippen LogP) is 2.63. The number of hydrogen-bond acceptors (Lipinski definition) is 3. The number of furan rings is 1. The number of anilines is 1. The molecule has 0 saturated carbocycles. The van der Waals surface area contributed by atoms with Crippen molar-refractivity contribution in [3.8, 4) is 0 Å². The van der Waals surface area contributed by atoms with Gasteiger partial charge in [-0.2, -0.15) is 0 Å². The van der Waals surface area contributed by atoms with Gasteiger partial charge in [0.1, 0.15) is 11.8 Å². The van der Waals surface area contributed by atoms with E-state index in [0.29, 0.717) is 5.56 Å². The second-order valence-corrected chi connectivity index (χ2v) is 4.28. The van der Waals surface area contributed by atoms with Crippen molar-refractivity contribution >= 4 is 22.9 Å². The smallest absolute Gasteiger partial charge is 0.153 e. The first kappa shape index (κ1) is 9.46. The highest BCUT2D eigenvalue weighted by Gasteiger charge is 2.20. The molecule has 1 aliphatic heterocycles. The van der Waals surface area contributed by atoms with Crippen molar-refractivity contribution in [2.75, 3.05) is 18.5 Å². The molecule has 0 bridgehead atoms. The monoisotopic (exact) mass is 215 g/mol. The molecule has 0 amide bonds. The van der Waals surface area contributed by atoms with Crippen molar-refractivity contribution in [1.82, 2.24) is 0 Å². The number of benzene rings is 1. The Hall–Kier alpha value is -1.77. The fourth-order valence-corrected chi connectivity index (χ4v) is 2.52. The van der Waals surface area contributed by atoms with Crippen LogP contribution < -0.4 is 4.90 Å². The van der Waals surface area contributed by atoms with Gasteiger partial charge in [0.15, 0.2) is 6.29 Å². The highest BCUT2D eigenvalue weighted by molar-refractivity contribution is 6.04. The number of aldehydes is 1. The van der Waals surface area contributed by atoms with E-state index < -0.39 is 0 Å². The first-order chi connectivity index (χ1) is 7.81. The fourth-order valence-electron chi connectivity index (χ4n) is 2.52. The minimum Gasteiger partial charge on any atom is -0.463 e. The SMILES string of the molecule is CN1CCCc2ccc3occ(C=O)c3c21. The van der Waals surface area contributed by atoms with Crippen LogP contribution in [-0.2, 0) is 6.42 Å². The standard InChI is InChI=1S/C13H13NO2/c1-14-6-2-3-9-4-5-11-12(13(9)14)10(7-15)8-16-11/h4-5,7-8H,2-3,6H2,1H3. The first-order valence-corrected chi connectivity index (χ1v) is 5.50. The molecule has 0 fully saturated rings. The lowest BCUT2D eigenvalue weighted by atomic mass is 9.98. The molecule has 1 aromatic carbocycles. The Bertz CT molecular complexity index is 556. The van der Waals surface area contributed by atoms with Crippen molar-refractivity contribution in [2.24, 2.45) is 0 Å². The van der Waals surface area contributed by atoms with Crippen LogP contribution in [0.3, 0.4) is 0 Å². The van der Waals surface area contributed by atoms with Crippen LogP contribution in [0.25, 0.3) is 11.0 Å². The molecule has 0 atom stereocenters. The van der Waals surface area contributed by atoms with Crippen molar-refractivity contribution < 1.29 is 9.21 Å². The first-order valence-electron chi connectivity index (χ1n) is 5.50. The Kier molecular flexibility index (Phi) is 1.99. The summed E-state index contributed by atoms with van der Waals surface area (Å²) in [7, 11) is 2.07. The highest BCUT2D eigenvalue weighted by atomic mass is 16.3. The third kappa shape index (κ3) is 1.18. The molecule has 2 heterocycles. The van der Waals surface area contributed by atoms with Gasteiger partial charge in [-0.15, -0.1) is 0 Å². The third-order valence-electron chi connectivity index (χ3n) is 3.27. The van der Waals surface area contributed by atoms with Crippen LogP contribution in [0.15, 0.2) is 22.8 Å². The van der Waals surface area contributed by atoms with Crippen LogP contribution in [0.5, 0.6) is 0 Å². The van der Waals surface area contributed by atoms with E-state index in [9.17, 15) is 4.79 Å².